The van der Waals surface area contributed by atoms with Crippen LogP contribution in [0.3, 0.4) is 0 Å². The molecular formula is C26H26N4O3. The van der Waals surface area contributed by atoms with Gasteiger partial charge in [0.1, 0.15) is 0 Å². The summed E-state index contributed by atoms with van der Waals surface area (Å²) < 4.78 is 10.2. The summed E-state index contributed by atoms with van der Waals surface area (Å²) in [6, 6.07) is 19.8. The summed E-state index contributed by atoms with van der Waals surface area (Å²) in [5.74, 6) is -0.0278. The highest BCUT2D eigenvalue weighted by molar-refractivity contribution is 5.86. The van der Waals surface area contributed by atoms with Crippen LogP contribution < -0.4 is 5.69 Å². The quantitative estimate of drug-likeness (QED) is 0.514. The molecule has 4 aromatic rings. The van der Waals surface area contributed by atoms with E-state index in [1.165, 1.54) is 0 Å². The van der Waals surface area contributed by atoms with Gasteiger partial charge in [0, 0.05) is 30.9 Å². The van der Waals surface area contributed by atoms with Gasteiger partial charge in [-0.15, -0.1) is 0 Å². The number of ether oxygens (including phenoxy) is 1. The fourth-order valence-corrected chi connectivity index (χ4v) is 5.38. The molecular weight excluding hydrogens is 416 g/mol. The molecule has 1 unspecified atom stereocenters. The SMILES string of the molecule is CC1(C(=O)N2CCC(n3c(=O)[nH]c4ccccc43)CC2)OCc2ccccc2-n2cccc21. The lowest BCUT2D eigenvalue weighted by atomic mass is 9.96. The zero-order chi connectivity index (χ0) is 22.6. The summed E-state index contributed by atoms with van der Waals surface area (Å²) >= 11 is 0. The molecule has 33 heavy (non-hydrogen) atoms. The van der Waals surface area contributed by atoms with Crippen molar-refractivity contribution in [3.8, 4) is 5.69 Å². The Labute approximate surface area is 191 Å². The lowest BCUT2D eigenvalue weighted by molar-refractivity contribution is -0.161. The molecule has 1 amide bonds. The molecule has 2 aromatic heterocycles. The minimum atomic E-state index is -1.08. The Kier molecular flexibility index (Phi) is 4.55. The highest BCUT2D eigenvalue weighted by Gasteiger charge is 2.44. The Morgan fingerprint density at radius 1 is 1.03 bits per heavy atom. The molecule has 0 aliphatic carbocycles. The molecule has 0 bridgehead atoms. The number of para-hydroxylation sites is 3. The number of aromatic amines is 1. The molecule has 168 valence electrons. The number of piperidine rings is 1. The van der Waals surface area contributed by atoms with E-state index in [4.69, 9.17) is 4.74 Å². The van der Waals surface area contributed by atoms with Gasteiger partial charge < -0.3 is 19.2 Å². The smallest absolute Gasteiger partial charge is 0.326 e. The van der Waals surface area contributed by atoms with Crippen molar-refractivity contribution in [1.29, 1.82) is 0 Å². The van der Waals surface area contributed by atoms with Crippen molar-refractivity contribution in [3.05, 3.63) is 88.6 Å². The second-order valence-corrected chi connectivity index (χ2v) is 9.05. The second-order valence-electron chi connectivity index (χ2n) is 9.05. The van der Waals surface area contributed by atoms with Crippen LogP contribution in [-0.4, -0.2) is 38.0 Å². The van der Waals surface area contributed by atoms with E-state index >= 15 is 0 Å². The molecule has 1 fully saturated rings. The number of carbonyl (C=O) groups excluding carboxylic acids is 1. The number of nitrogens with zero attached hydrogens (tertiary/aromatic N) is 3. The van der Waals surface area contributed by atoms with Crippen molar-refractivity contribution < 1.29 is 9.53 Å². The van der Waals surface area contributed by atoms with Gasteiger partial charge in [-0.05, 0) is 50.1 Å². The lowest BCUT2D eigenvalue weighted by Gasteiger charge is -2.38. The van der Waals surface area contributed by atoms with Crippen LogP contribution in [0.5, 0.6) is 0 Å². The van der Waals surface area contributed by atoms with Gasteiger partial charge in [0.15, 0.2) is 5.60 Å². The van der Waals surface area contributed by atoms with Gasteiger partial charge in [0.05, 0.1) is 29.0 Å². The normalized spacial score (nSPS) is 20.9. The predicted molar refractivity (Wildman–Crippen MR) is 125 cm³/mol. The molecule has 1 atom stereocenters. The van der Waals surface area contributed by atoms with Crippen molar-refractivity contribution in [2.45, 2.75) is 38.0 Å². The highest BCUT2D eigenvalue weighted by atomic mass is 16.5. The topological polar surface area (TPSA) is 72.3 Å². The maximum Gasteiger partial charge on any atom is 0.326 e. The third kappa shape index (κ3) is 3.07. The molecule has 0 radical (unpaired) electrons. The number of nitrogens with one attached hydrogen (secondary N) is 1. The van der Waals surface area contributed by atoms with E-state index in [2.05, 4.69) is 15.6 Å². The number of likely N-dealkylation sites (tertiary alicyclic amines) is 1. The van der Waals surface area contributed by atoms with Crippen molar-refractivity contribution in [2.75, 3.05) is 13.1 Å². The molecule has 4 heterocycles. The molecule has 1 N–H and O–H groups in total. The summed E-state index contributed by atoms with van der Waals surface area (Å²) in [4.78, 5) is 31.3. The van der Waals surface area contributed by atoms with Gasteiger partial charge in [0.2, 0.25) is 0 Å². The van der Waals surface area contributed by atoms with E-state index in [0.29, 0.717) is 19.7 Å². The first-order chi connectivity index (χ1) is 16.1. The summed E-state index contributed by atoms with van der Waals surface area (Å²) in [5, 5.41) is 0. The van der Waals surface area contributed by atoms with Crippen LogP contribution >= 0.6 is 0 Å². The van der Waals surface area contributed by atoms with Crippen LogP contribution in [0.1, 0.15) is 37.1 Å². The third-order valence-electron chi connectivity index (χ3n) is 7.15. The van der Waals surface area contributed by atoms with Crippen LogP contribution in [0.2, 0.25) is 0 Å². The maximum atomic E-state index is 13.8. The fraction of sp³-hybridized carbons (Fsp3) is 0.308. The van der Waals surface area contributed by atoms with E-state index < -0.39 is 5.60 Å². The molecule has 0 spiro atoms. The number of amides is 1. The molecule has 7 heteroatoms. The van der Waals surface area contributed by atoms with Crippen molar-refractivity contribution in [3.63, 3.8) is 0 Å². The summed E-state index contributed by atoms with van der Waals surface area (Å²) in [6.07, 6.45) is 3.44. The molecule has 2 aliphatic heterocycles. The Balaban J connectivity index is 1.26. The number of carbonyl (C=O) groups is 1. The van der Waals surface area contributed by atoms with Crippen molar-refractivity contribution in [1.82, 2.24) is 19.0 Å². The van der Waals surface area contributed by atoms with Crippen LogP contribution in [0, 0.1) is 0 Å². The zero-order valence-electron chi connectivity index (χ0n) is 18.5. The monoisotopic (exact) mass is 442 g/mol. The Hall–Kier alpha value is -3.58. The molecule has 7 nitrogen and oxygen atoms in total. The van der Waals surface area contributed by atoms with Crippen LogP contribution in [0.4, 0.5) is 0 Å². The van der Waals surface area contributed by atoms with Crippen LogP contribution in [0.25, 0.3) is 16.7 Å². The lowest BCUT2D eigenvalue weighted by Crippen LogP contribution is -2.50. The molecule has 2 aromatic carbocycles. The first kappa shape index (κ1) is 20.1. The summed E-state index contributed by atoms with van der Waals surface area (Å²) in [7, 11) is 0. The van der Waals surface area contributed by atoms with E-state index in [9.17, 15) is 9.59 Å². The Morgan fingerprint density at radius 2 is 1.79 bits per heavy atom. The number of hydrogen-bond donors (Lipinski definition) is 1. The van der Waals surface area contributed by atoms with Gasteiger partial charge in [0.25, 0.3) is 5.91 Å². The first-order valence-electron chi connectivity index (χ1n) is 11.4. The Morgan fingerprint density at radius 3 is 2.64 bits per heavy atom. The maximum absolute atomic E-state index is 13.8. The van der Waals surface area contributed by atoms with E-state index in [0.717, 1.165) is 40.8 Å². The largest absolute Gasteiger partial charge is 0.354 e. The van der Waals surface area contributed by atoms with Crippen molar-refractivity contribution in [2.24, 2.45) is 0 Å². The number of rotatable bonds is 2. The minimum absolute atomic E-state index is 0.0278. The molecule has 2 aliphatic rings. The first-order valence-corrected chi connectivity index (χ1v) is 11.4. The van der Waals surface area contributed by atoms with Gasteiger partial charge >= 0.3 is 5.69 Å². The van der Waals surface area contributed by atoms with Gasteiger partial charge in [-0.3, -0.25) is 9.36 Å². The molecule has 6 rings (SSSR count). The molecule has 1 saturated heterocycles. The molecule has 0 saturated carbocycles. The number of fused-ring (bicyclic) bond motifs is 4. The van der Waals surface area contributed by atoms with Crippen LogP contribution in [0.15, 0.2) is 71.7 Å². The van der Waals surface area contributed by atoms with Gasteiger partial charge in [-0.25, -0.2) is 4.79 Å². The summed E-state index contributed by atoms with van der Waals surface area (Å²) in [5.41, 5.74) is 3.55. The Bertz CT molecular complexity index is 1410. The summed E-state index contributed by atoms with van der Waals surface area (Å²) in [6.45, 7) is 3.43. The van der Waals surface area contributed by atoms with Gasteiger partial charge in [-0.2, -0.15) is 0 Å². The predicted octanol–water partition coefficient (Wildman–Crippen LogP) is 3.73. The van der Waals surface area contributed by atoms with E-state index in [1.807, 2.05) is 77.2 Å². The van der Waals surface area contributed by atoms with E-state index in [1.54, 1.807) is 0 Å². The number of benzene rings is 2. The number of hydrogen-bond acceptors (Lipinski definition) is 3. The zero-order valence-corrected chi connectivity index (χ0v) is 18.5. The average molecular weight is 443 g/mol. The fourth-order valence-electron chi connectivity index (χ4n) is 5.38. The highest BCUT2D eigenvalue weighted by Crippen LogP contribution is 2.37. The van der Waals surface area contributed by atoms with E-state index in [-0.39, 0.29) is 17.6 Å². The van der Waals surface area contributed by atoms with Crippen LogP contribution in [-0.2, 0) is 21.7 Å². The van der Waals surface area contributed by atoms with Gasteiger partial charge in [-0.1, -0.05) is 30.3 Å². The second kappa shape index (κ2) is 7.49. The third-order valence-corrected chi connectivity index (χ3v) is 7.15. The average Bonchev–Trinajstić information content (AvgIpc) is 3.44. The number of imidazole rings is 1. The minimum Gasteiger partial charge on any atom is -0.354 e. The number of H-pyrrole nitrogens is 1. The number of aromatic nitrogens is 3. The standard InChI is InChI=1S/C26H26N4O3/c1-26(23-11-6-14-29(23)21-9-4-2-7-18(21)17-33-26)24(31)28-15-12-19(13-16-28)30-22-10-5-3-8-20(22)27-25(30)32/h2-11,14,19H,12-13,15-17H2,1H3,(H,27,32). The van der Waals surface area contributed by atoms with Crippen molar-refractivity contribution >= 4 is 16.9 Å².